The molecule has 1 aromatic carbocycles. The molecular weight excluding hydrogens is 204 g/mol. The summed E-state index contributed by atoms with van der Waals surface area (Å²) in [6.45, 7) is 1.46. The average molecular weight is 214 g/mol. The first-order valence-corrected chi connectivity index (χ1v) is 4.84. The number of benzene rings is 1. The van der Waals surface area contributed by atoms with E-state index in [1.54, 1.807) is 6.20 Å². The molecule has 0 amide bonds. The highest BCUT2D eigenvalue weighted by Gasteiger charge is 2.03. The third kappa shape index (κ3) is 2.06. The zero-order chi connectivity index (χ0) is 11.5. The highest BCUT2D eigenvalue weighted by molar-refractivity contribution is 5.83. The van der Waals surface area contributed by atoms with Gasteiger partial charge in [-0.1, -0.05) is 24.3 Å². The standard InChI is InChI=1S/C12H10N2O2/c1-9(14(15)16)6-12-7-10-4-2-3-5-11(10)8-13-12/h2-8H,1H3/b9-6+. The Morgan fingerprint density at radius 3 is 2.75 bits per heavy atom. The Bertz CT molecular complexity index is 576. The number of rotatable bonds is 2. The first kappa shape index (κ1) is 10.3. The Hall–Kier alpha value is -2.23. The Morgan fingerprint density at radius 1 is 1.38 bits per heavy atom. The largest absolute Gasteiger partial charge is 0.259 e. The summed E-state index contributed by atoms with van der Waals surface area (Å²) in [5.74, 6) is 0. The van der Waals surface area contributed by atoms with Crippen LogP contribution < -0.4 is 0 Å². The molecule has 0 radical (unpaired) electrons. The fraction of sp³-hybridized carbons (Fsp3) is 0.0833. The highest BCUT2D eigenvalue weighted by Crippen LogP contribution is 2.15. The van der Waals surface area contributed by atoms with Gasteiger partial charge in [-0.2, -0.15) is 0 Å². The number of pyridine rings is 1. The average Bonchev–Trinajstić information content (AvgIpc) is 2.28. The van der Waals surface area contributed by atoms with E-state index in [1.807, 2.05) is 30.3 Å². The molecule has 0 aliphatic heterocycles. The molecule has 0 bridgehead atoms. The minimum Gasteiger partial charge on any atom is -0.259 e. The van der Waals surface area contributed by atoms with E-state index < -0.39 is 4.92 Å². The van der Waals surface area contributed by atoms with Crippen LogP contribution in [-0.2, 0) is 0 Å². The predicted molar refractivity (Wildman–Crippen MR) is 62.4 cm³/mol. The smallest absolute Gasteiger partial charge is 0.245 e. The van der Waals surface area contributed by atoms with Crippen LogP contribution in [0.15, 0.2) is 42.2 Å². The number of hydrogen-bond acceptors (Lipinski definition) is 3. The topological polar surface area (TPSA) is 56.0 Å². The maximum absolute atomic E-state index is 10.5. The van der Waals surface area contributed by atoms with E-state index in [-0.39, 0.29) is 5.70 Å². The number of allylic oxidation sites excluding steroid dienone is 1. The van der Waals surface area contributed by atoms with E-state index in [1.165, 1.54) is 13.0 Å². The summed E-state index contributed by atoms with van der Waals surface area (Å²) in [5, 5.41) is 12.5. The second-order valence-corrected chi connectivity index (χ2v) is 3.50. The van der Waals surface area contributed by atoms with Crippen molar-refractivity contribution in [2.45, 2.75) is 6.92 Å². The molecule has 0 fully saturated rings. The highest BCUT2D eigenvalue weighted by atomic mass is 16.6. The lowest BCUT2D eigenvalue weighted by Crippen LogP contribution is -1.93. The minimum atomic E-state index is -0.420. The lowest BCUT2D eigenvalue weighted by Gasteiger charge is -1.98. The monoisotopic (exact) mass is 214 g/mol. The van der Waals surface area contributed by atoms with Crippen molar-refractivity contribution in [1.29, 1.82) is 0 Å². The van der Waals surface area contributed by atoms with E-state index in [2.05, 4.69) is 4.98 Å². The van der Waals surface area contributed by atoms with E-state index in [0.29, 0.717) is 5.69 Å². The summed E-state index contributed by atoms with van der Waals surface area (Å²) in [7, 11) is 0. The summed E-state index contributed by atoms with van der Waals surface area (Å²) >= 11 is 0. The second kappa shape index (κ2) is 4.10. The van der Waals surface area contributed by atoms with Crippen molar-refractivity contribution in [1.82, 2.24) is 4.98 Å². The van der Waals surface area contributed by atoms with Crippen molar-refractivity contribution < 1.29 is 4.92 Å². The van der Waals surface area contributed by atoms with Gasteiger partial charge >= 0.3 is 0 Å². The molecule has 2 aromatic rings. The van der Waals surface area contributed by atoms with Crippen molar-refractivity contribution >= 4 is 16.8 Å². The van der Waals surface area contributed by atoms with Crippen LogP contribution in [0.2, 0.25) is 0 Å². The molecule has 0 saturated heterocycles. The quantitative estimate of drug-likeness (QED) is 0.570. The van der Waals surface area contributed by atoms with Gasteiger partial charge in [-0.05, 0) is 11.5 Å². The van der Waals surface area contributed by atoms with Gasteiger partial charge in [0.2, 0.25) is 5.70 Å². The molecule has 4 nitrogen and oxygen atoms in total. The van der Waals surface area contributed by atoms with Gasteiger partial charge < -0.3 is 0 Å². The van der Waals surface area contributed by atoms with Gasteiger partial charge in [0.25, 0.3) is 0 Å². The molecule has 0 spiro atoms. The summed E-state index contributed by atoms with van der Waals surface area (Å²) < 4.78 is 0. The first-order chi connectivity index (χ1) is 7.66. The number of nitro groups is 1. The van der Waals surface area contributed by atoms with Crippen LogP contribution in [0.5, 0.6) is 0 Å². The van der Waals surface area contributed by atoms with E-state index in [9.17, 15) is 10.1 Å². The molecular formula is C12H10N2O2. The molecule has 0 unspecified atom stereocenters. The van der Waals surface area contributed by atoms with Crippen LogP contribution in [0.4, 0.5) is 0 Å². The summed E-state index contributed by atoms with van der Waals surface area (Å²) in [6.07, 6.45) is 3.18. The van der Waals surface area contributed by atoms with E-state index in [4.69, 9.17) is 0 Å². The molecule has 0 N–H and O–H groups in total. The molecule has 16 heavy (non-hydrogen) atoms. The molecule has 0 aliphatic carbocycles. The Kier molecular flexibility index (Phi) is 2.64. The SMILES string of the molecule is C/C(=C\c1cc2ccccc2cn1)[N+](=O)[O-]. The van der Waals surface area contributed by atoms with Gasteiger partial charge in [0.05, 0.1) is 10.6 Å². The molecule has 80 valence electrons. The summed E-state index contributed by atoms with van der Waals surface area (Å²) in [6, 6.07) is 9.60. The van der Waals surface area contributed by atoms with Crippen molar-refractivity contribution in [2.75, 3.05) is 0 Å². The lowest BCUT2D eigenvalue weighted by atomic mass is 10.1. The molecule has 1 heterocycles. The number of nitrogens with zero attached hydrogens (tertiary/aromatic N) is 2. The Morgan fingerprint density at radius 2 is 2.06 bits per heavy atom. The summed E-state index contributed by atoms with van der Waals surface area (Å²) in [4.78, 5) is 14.2. The van der Waals surface area contributed by atoms with Gasteiger partial charge in [-0.25, -0.2) is 0 Å². The normalized spacial score (nSPS) is 11.7. The molecule has 0 saturated carbocycles. The van der Waals surface area contributed by atoms with Gasteiger partial charge in [-0.15, -0.1) is 0 Å². The zero-order valence-electron chi connectivity index (χ0n) is 8.75. The van der Waals surface area contributed by atoms with Crippen molar-refractivity contribution in [3.63, 3.8) is 0 Å². The minimum absolute atomic E-state index is 0.0859. The third-order valence-electron chi connectivity index (χ3n) is 2.30. The second-order valence-electron chi connectivity index (χ2n) is 3.50. The van der Waals surface area contributed by atoms with Crippen molar-refractivity contribution in [3.05, 3.63) is 58.0 Å². The molecule has 2 rings (SSSR count). The molecule has 1 aromatic heterocycles. The van der Waals surface area contributed by atoms with Crippen LogP contribution in [0, 0.1) is 10.1 Å². The molecule has 0 aliphatic rings. The zero-order valence-corrected chi connectivity index (χ0v) is 8.75. The third-order valence-corrected chi connectivity index (χ3v) is 2.30. The van der Waals surface area contributed by atoms with Crippen LogP contribution in [0.3, 0.4) is 0 Å². The lowest BCUT2D eigenvalue weighted by molar-refractivity contribution is -0.422. The number of aromatic nitrogens is 1. The maximum Gasteiger partial charge on any atom is 0.245 e. The van der Waals surface area contributed by atoms with Crippen molar-refractivity contribution in [3.8, 4) is 0 Å². The van der Waals surface area contributed by atoms with Crippen LogP contribution in [0.1, 0.15) is 12.6 Å². The van der Waals surface area contributed by atoms with Crippen LogP contribution >= 0.6 is 0 Å². The van der Waals surface area contributed by atoms with Crippen molar-refractivity contribution in [2.24, 2.45) is 0 Å². The summed E-state index contributed by atoms with van der Waals surface area (Å²) in [5.41, 5.74) is 0.690. The Balaban J connectivity index is 2.47. The fourth-order valence-electron chi connectivity index (χ4n) is 1.45. The van der Waals surface area contributed by atoms with Gasteiger partial charge in [0, 0.05) is 24.6 Å². The molecule has 0 atom stereocenters. The first-order valence-electron chi connectivity index (χ1n) is 4.84. The number of fused-ring (bicyclic) bond motifs is 1. The predicted octanol–water partition coefficient (Wildman–Crippen LogP) is 2.87. The molecule has 4 heteroatoms. The Labute approximate surface area is 92.4 Å². The fourth-order valence-corrected chi connectivity index (χ4v) is 1.45. The van der Waals surface area contributed by atoms with E-state index in [0.717, 1.165) is 10.8 Å². The number of hydrogen-bond donors (Lipinski definition) is 0. The maximum atomic E-state index is 10.5. The van der Waals surface area contributed by atoms with Crippen LogP contribution in [0.25, 0.3) is 16.8 Å². The van der Waals surface area contributed by atoms with Gasteiger partial charge in [0.15, 0.2) is 0 Å². The van der Waals surface area contributed by atoms with Crippen LogP contribution in [-0.4, -0.2) is 9.91 Å². The van der Waals surface area contributed by atoms with Gasteiger partial charge in [0.1, 0.15) is 0 Å². The van der Waals surface area contributed by atoms with E-state index >= 15 is 0 Å². The van der Waals surface area contributed by atoms with Gasteiger partial charge in [-0.3, -0.25) is 15.1 Å².